The number of benzene rings is 1. The number of rotatable bonds is 4. The van der Waals surface area contributed by atoms with Crippen LogP contribution in [0.5, 0.6) is 0 Å². The lowest BCUT2D eigenvalue weighted by Crippen LogP contribution is -2.45. The number of hydrogen-bond acceptors (Lipinski definition) is 4. The first-order valence-electron chi connectivity index (χ1n) is 6.09. The van der Waals surface area contributed by atoms with E-state index in [0.717, 1.165) is 10.0 Å². The van der Waals surface area contributed by atoms with Crippen LogP contribution < -0.4 is 11.1 Å². The minimum atomic E-state index is -0.963. The molecule has 6 nitrogen and oxygen atoms in total. The van der Waals surface area contributed by atoms with Gasteiger partial charge in [0, 0.05) is 4.47 Å². The van der Waals surface area contributed by atoms with Crippen molar-refractivity contribution < 1.29 is 4.79 Å². The quantitative estimate of drug-likeness (QED) is 0.859. The first-order valence-corrected chi connectivity index (χ1v) is 6.88. The van der Waals surface area contributed by atoms with Gasteiger partial charge in [0.25, 0.3) is 0 Å². The van der Waals surface area contributed by atoms with Crippen LogP contribution in [0.15, 0.2) is 35.1 Å². The Kier molecular flexibility index (Phi) is 5.88. The Morgan fingerprint density at radius 1 is 1.48 bits per heavy atom. The van der Waals surface area contributed by atoms with E-state index in [9.17, 15) is 4.79 Å². The molecule has 114 valence electrons. The van der Waals surface area contributed by atoms with Gasteiger partial charge in [-0.1, -0.05) is 28.1 Å². The molecule has 0 saturated heterocycles. The number of nitrogens with one attached hydrogen (secondary N) is 1. The molecule has 0 aliphatic rings. The Labute approximate surface area is 137 Å². The van der Waals surface area contributed by atoms with Gasteiger partial charge in [-0.25, -0.2) is 9.67 Å². The van der Waals surface area contributed by atoms with E-state index in [1.54, 1.807) is 24.9 Å². The number of hydrogen-bond donors (Lipinski definition) is 2. The second kappa shape index (κ2) is 7.02. The van der Waals surface area contributed by atoms with E-state index in [4.69, 9.17) is 5.73 Å². The molecule has 3 N–H and O–H groups in total. The van der Waals surface area contributed by atoms with E-state index >= 15 is 0 Å². The van der Waals surface area contributed by atoms with Crippen LogP contribution in [0.4, 0.5) is 5.95 Å². The molecule has 0 aliphatic heterocycles. The van der Waals surface area contributed by atoms with Crippen LogP contribution in [0.2, 0.25) is 0 Å². The van der Waals surface area contributed by atoms with Crippen molar-refractivity contribution in [1.82, 2.24) is 14.8 Å². The van der Waals surface area contributed by atoms with Crippen molar-refractivity contribution in [3.05, 3.63) is 40.6 Å². The van der Waals surface area contributed by atoms with Crippen LogP contribution in [0.3, 0.4) is 0 Å². The van der Waals surface area contributed by atoms with Crippen LogP contribution in [-0.2, 0) is 11.3 Å². The van der Waals surface area contributed by atoms with Crippen LogP contribution in [0.25, 0.3) is 0 Å². The van der Waals surface area contributed by atoms with E-state index < -0.39 is 5.54 Å². The average molecular weight is 375 g/mol. The van der Waals surface area contributed by atoms with Gasteiger partial charge in [0.1, 0.15) is 6.33 Å². The Morgan fingerprint density at radius 3 is 2.81 bits per heavy atom. The van der Waals surface area contributed by atoms with Gasteiger partial charge in [0.2, 0.25) is 11.9 Å². The molecule has 0 unspecified atom stereocenters. The summed E-state index contributed by atoms with van der Waals surface area (Å²) in [6.45, 7) is 3.83. The number of aromatic nitrogens is 3. The van der Waals surface area contributed by atoms with Crippen molar-refractivity contribution in [3.63, 3.8) is 0 Å². The maximum atomic E-state index is 11.7. The molecule has 2 rings (SSSR count). The molecular weight excluding hydrogens is 358 g/mol. The topological polar surface area (TPSA) is 85.8 Å². The molecule has 2 aromatic rings. The molecule has 1 heterocycles. The fourth-order valence-electron chi connectivity index (χ4n) is 1.51. The average Bonchev–Trinajstić information content (AvgIpc) is 2.75. The summed E-state index contributed by atoms with van der Waals surface area (Å²) in [4.78, 5) is 15.8. The minimum absolute atomic E-state index is 0. The zero-order valence-corrected chi connectivity index (χ0v) is 14.1. The van der Waals surface area contributed by atoms with Gasteiger partial charge in [-0.05, 0) is 31.5 Å². The number of halogens is 2. The molecule has 0 radical (unpaired) electrons. The molecule has 1 aromatic heterocycles. The van der Waals surface area contributed by atoms with Gasteiger partial charge in [-0.3, -0.25) is 10.1 Å². The highest BCUT2D eigenvalue weighted by molar-refractivity contribution is 9.10. The molecule has 1 aromatic carbocycles. The molecule has 21 heavy (non-hydrogen) atoms. The maximum Gasteiger partial charge on any atom is 0.248 e. The Morgan fingerprint density at radius 2 is 2.19 bits per heavy atom. The molecular formula is C13H17BrClN5O. The lowest BCUT2D eigenvalue weighted by atomic mass is 10.1. The number of carbonyl (C=O) groups is 1. The highest BCUT2D eigenvalue weighted by Crippen LogP contribution is 2.12. The zero-order valence-electron chi connectivity index (χ0n) is 11.7. The molecule has 0 saturated carbocycles. The highest BCUT2D eigenvalue weighted by Gasteiger charge is 2.22. The summed E-state index contributed by atoms with van der Waals surface area (Å²) < 4.78 is 2.66. The smallest absolute Gasteiger partial charge is 0.248 e. The van der Waals surface area contributed by atoms with E-state index in [2.05, 4.69) is 31.3 Å². The highest BCUT2D eigenvalue weighted by atomic mass is 79.9. The van der Waals surface area contributed by atoms with Crippen LogP contribution in [0, 0.1) is 0 Å². The number of nitrogens with zero attached hydrogens (tertiary/aromatic N) is 3. The predicted octanol–water partition coefficient (Wildman–Crippen LogP) is 2.19. The summed E-state index contributed by atoms with van der Waals surface area (Å²) in [5, 5.41) is 6.77. The van der Waals surface area contributed by atoms with Gasteiger partial charge in [-0.2, -0.15) is 0 Å². The molecule has 0 aliphatic carbocycles. The van der Waals surface area contributed by atoms with Gasteiger partial charge in [-0.15, -0.1) is 17.5 Å². The van der Waals surface area contributed by atoms with Crippen LogP contribution in [0.1, 0.15) is 19.4 Å². The molecule has 0 bridgehead atoms. The lowest BCUT2D eigenvalue weighted by molar-refractivity contribution is -0.120. The third kappa shape index (κ3) is 5.11. The van der Waals surface area contributed by atoms with E-state index in [1.165, 1.54) is 0 Å². The summed E-state index contributed by atoms with van der Waals surface area (Å²) in [5.74, 6) is -0.0683. The van der Waals surface area contributed by atoms with Crippen molar-refractivity contribution >= 4 is 40.2 Å². The molecule has 1 amide bonds. The maximum absolute atomic E-state index is 11.7. The second-order valence-electron chi connectivity index (χ2n) is 5.07. The Hall–Kier alpha value is -1.44. The fraction of sp³-hybridized carbons (Fsp3) is 0.308. The standard InChI is InChI=1S/C13H16BrN5O.ClH/c1-13(2,15)11(20)17-12-16-8-19(18-12)7-9-4-3-5-10(14)6-9;/h3-6,8H,7,15H2,1-2H3,(H,17,18,20);1H. The molecule has 8 heteroatoms. The van der Waals surface area contributed by atoms with E-state index in [-0.39, 0.29) is 24.3 Å². The van der Waals surface area contributed by atoms with Crippen molar-refractivity contribution in [3.8, 4) is 0 Å². The number of amides is 1. The summed E-state index contributed by atoms with van der Waals surface area (Å²) in [6, 6.07) is 7.91. The fourth-order valence-corrected chi connectivity index (χ4v) is 1.96. The summed E-state index contributed by atoms with van der Waals surface area (Å²) >= 11 is 3.42. The number of nitrogens with two attached hydrogens (primary N) is 1. The predicted molar refractivity (Wildman–Crippen MR) is 87.4 cm³/mol. The minimum Gasteiger partial charge on any atom is -0.318 e. The van der Waals surface area contributed by atoms with Crippen molar-refractivity contribution in [2.24, 2.45) is 5.73 Å². The van der Waals surface area contributed by atoms with Crippen LogP contribution in [-0.4, -0.2) is 26.2 Å². The van der Waals surface area contributed by atoms with Gasteiger partial charge in [0.15, 0.2) is 0 Å². The van der Waals surface area contributed by atoms with Crippen molar-refractivity contribution in [1.29, 1.82) is 0 Å². The lowest BCUT2D eigenvalue weighted by Gasteiger charge is -2.15. The third-order valence-electron chi connectivity index (χ3n) is 2.58. The van der Waals surface area contributed by atoms with Crippen LogP contribution >= 0.6 is 28.3 Å². The normalized spacial score (nSPS) is 10.9. The van der Waals surface area contributed by atoms with Gasteiger partial charge >= 0.3 is 0 Å². The first kappa shape index (κ1) is 17.6. The molecule has 0 spiro atoms. The number of anilines is 1. The Bertz CT molecular complexity index is 623. The zero-order chi connectivity index (χ0) is 14.8. The number of carbonyl (C=O) groups excluding carboxylic acids is 1. The molecule has 0 atom stereocenters. The molecule has 0 fully saturated rings. The summed E-state index contributed by atoms with van der Waals surface area (Å²) in [6.07, 6.45) is 1.57. The first-order chi connectivity index (χ1) is 9.34. The van der Waals surface area contributed by atoms with E-state index in [1.807, 2.05) is 24.3 Å². The second-order valence-corrected chi connectivity index (χ2v) is 5.99. The van der Waals surface area contributed by atoms with Crippen molar-refractivity contribution in [2.75, 3.05) is 5.32 Å². The Balaban J connectivity index is 0.00000220. The van der Waals surface area contributed by atoms with Crippen molar-refractivity contribution in [2.45, 2.75) is 25.9 Å². The van der Waals surface area contributed by atoms with E-state index in [0.29, 0.717) is 6.54 Å². The SMILES string of the molecule is CC(C)(N)C(=O)Nc1ncn(Cc2cccc(Br)c2)n1.Cl. The van der Waals surface area contributed by atoms with Gasteiger partial charge in [0.05, 0.1) is 12.1 Å². The summed E-state index contributed by atoms with van der Waals surface area (Å²) in [7, 11) is 0. The van der Waals surface area contributed by atoms with Gasteiger partial charge < -0.3 is 5.73 Å². The monoisotopic (exact) mass is 373 g/mol. The summed E-state index contributed by atoms with van der Waals surface area (Å²) in [5.41, 5.74) is 5.82. The largest absolute Gasteiger partial charge is 0.318 e. The third-order valence-corrected chi connectivity index (χ3v) is 3.07.